The molecule has 164 valence electrons. The number of hydrogen-bond acceptors (Lipinski definition) is 5. The van der Waals surface area contributed by atoms with E-state index in [1.54, 1.807) is 0 Å². The highest BCUT2D eigenvalue weighted by atomic mass is 19.4. The quantitative estimate of drug-likeness (QED) is 0.722. The molecule has 2 heterocycles. The number of alkyl halides is 3. The molecule has 31 heavy (non-hydrogen) atoms. The standard InChI is InChI=1S/C22H22F3N3O3/c1-15-6-8-16(9-7-15)19-14-21(31-27-19)10-12-28(13-11-21)30-20(29)26-18-5-3-2-4-17(18)22(23,24)25/h2-9,14,27H,10-13H2,1H3,(H,26,29). The normalized spacial score (nSPS) is 18.4. The SMILES string of the molecule is Cc1ccc(C2=CC3(CCN(OC(=O)Nc4ccccc4C(F)(F)F)CC3)ON2)cc1. The Hall–Kier alpha value is -3.04. The molecule has 2 aromatic rings. The molecule has 2 N–H and O–H groups in total. The lowest BCUT2D eigenvalue weighted by molar-refractivity contribution is -0.153. The number of aryl methyl sites for hydroxylation is 1. The summed E-state index contributed by atoms with van der Waals surface area (Å²) in [6.07, 6.45) is -2.39. The van der Waals surface area contributed by atoms with Gasteiger partial charge >= 0.3 is 12.3 Å². The molecule has 9 heteroatoms. The van der Waals surface area contributed by atoms with Crippen LogP contribution in [0.3, 0.4) is 0 Å². The summed E-state index contributed by atoms with van der Waals surface area (Å²) in [5.74, 6) is 0. The Morgan fingerprint density at radius 1 is 1.13 bits per heavy atom. The van der Waals surface area contributed by atoms with Crippen LogP contribution in [0, 0.1) is 6.92 Å². The average molecular weight is 433 g/mol. The van der Waals surface area contributed by atoms with Crippen molar-refractivity contribution >= 4 is 17.5 Å². The Labute approximate surface area is 177 Å². The molecule has 0 saturated carbocycles. The highest BCUT2D eigenvalue weighted by molar-refractivity contribution is 5.85. The van der Waals surface area contributed by atoms with Crippen LogP contribution in [-0.4, -0.2) is 29.8 Å². The number of rotatable bonds is 3. The summed E-state index contributed by atoms with van der Waals surface area (Å²) in [5, 5.41) is 3.61. The summed E-state index contributed by atoms with van der Waals surface area (Å²) in [4.78, 5) is 23.2. The van der Waals surface area contributed by atoms with Crippen molar-refractivity contribution in [2.75, 3.05) is 18.4 Å². The fraction of sp³-hybridized carbons (Fsp3) is 0.318. The van der Waals surface area contributed by atoms with Crippen molar-refractivity contribution in [2.45, 2.75) is 31.5 Å². The van der Waals surface area contributed by atoms with Gasteiger partial charge in [0.25, 0.3) is 0 Å². The van der Waals surface area contributed by atoms with Crippen molar-refractivity contribution in [3.05, 3.63) is 71.3 Å². The number of para-hydroxylation sites is 1. The summed E-state index contributed by atoms with van der Waals surface area (Å²) in [6, 6.07) is 12.8. The third-order valence-electron chi connectivity index (χ3n) is 5.38. The monoisotopic (exact) mass is 433 g/mol. The van der Waals surface area contributed by atoms with Crippen LogP contribution < -0.4 is 10.8 Å². The molecule has 0 bridgehead atoms. The van der Waals surface area contributed by atoms with Crippen molar-refractivity contribution in [3.8, 4) is 0 Å². The molecule has 4 rings (SSSR count). The summed E-state index contributed by atoms with van der Waals surface area (Å²) in [7, 11) is 0. The van der Waals surface area contributed by atoms with Gasteiger partial charge in [-0.3, -0.25) is 15.6 Å². The molecule has 2 aromatic carbocycles. The molecule has 0 unspecified atom stereocenters. The Bertz CT molecular complexity index is 981. The van der Waals surface area contributed by atoms with Gasteiger partial charge in [-0.25, -0.2) is 4.79 Å². The predicted octanol–water partition coefficient (Wildman–Crippen LogP) is 4.89. The van der Waals surface area contributed by atoms with Gasteiger partial charge < -0.3 is 4.84 Å². The maximum absolute atomic E-state index is 13.1. The van der Waals surface area contributed by atoms with Crippen molar-refractivity contribution in [2.24, 2.45) is 0 Å². The summed E-state index contributed by atoms with van der Waals surface area (Å²) < 4.78 is 39.2. The first-order chi connectivity index (χ1) is 14.7. The van der Waals surface area contributed by atoms with Gasteiger partial charge in [-0.2, -0.15) is 13.2 Å². The number of carbonyl (C=O) groups is 1. The van der Waals surface area contributed by atoms with Crippen LogP contribution in [0.4, 0.5) is 23.7 Å². The van der Waals surface area contributed by atoms with E-state index in [9.17, 15) is 18.0 Å². The van der Waals surface area contributed by atoms with Gasteiger partial charge in [-0.15, -0.1) is 5.06 Å². The molecular weight excluding hydrogens is 411 g/mol. The zero-order valence-corrected chi connectivity index (χ0v) is 16.8. The van der Waals surface area contributed by atoms with Gasteiger partial charge in [0.2, 0.25) is 0 Å². The molecule has 1 amide bonds. The minimum absolute atomic E-state index is 0.345. The Morgan fingerprint density at radius 2 is 1.81 bits per heavy atom. The van der Waals surface area contributed by atoms with Crippen LogP contribution in [0.2, 0.25) is 0 Å². The lowest BCUT2D eigenvalue weighted by Gasteiger charge is -2.35. The van der Waals surface area contributed by atoms with E-state index in [1.165, 1.54) is 28.8 Å². The van der Waals surface area contributed by atoms with E-state index in [0.29, 0.717) is 25.9 Å². The molecule has 0 aromatic heterocycles. The largest absolute Gasteiger partial charge is 0.430 e. The minimum Gasteiger partial charge on any atom is -0.351 e. The molecule has 0 radical (unpaired) electrons. The van der Waals surface area contributed by atoms with E-state index in [2.05, 4.69) is 10.8 Å². The number of anilines is 1. The van der Waals surface area contributed by atoms with Gasteiger partial charge in [-0.05, 0) is 43.5 Å². The molecule has 6 nitrogen and oxygen atoms in total. The number of carbonyl (C=O) groups excluding carboxylic acids is 1. The highest BCUT2D eigenvalue weighted by Gasteiger charge is 2.40. The Balaban J connectivity index is 1.34. The second-order valence-electron chi connectivity index (χ2n) is 7.67. The first-order valence-corrected chi connectivity index (χ1v) is 9.88. The van der Waals surface area contributed by atoms with Gasteiger partial charge in [0.05, 0.1) is 16.9 Å². The molecule has 1 spiro atoms. The molecular formula is C22H22F3N3O3. The number of benzene rings is 2. The van der Waals surface area contributed by atoms with Crippen molar-refractivity contribution < 1.29 is 27.6 Å². The number of nitrogens with zero attached hydrogens (tertiary/aromatic N) is 1. The molecule has 2 aliphatic rings. The third kappa shape index (κ3) is 4.83. The van der Waals surface area contributed by atoms with Crippen LogP contribution in [0.15, 0.2) is 54.6 Å². The number of halogens is 3. The minimum atomic E-state index is -4.57. The third-order valence-corrected chi connectivity index (χ3v) is 5.38. The first kappa shape index (κ1) is 21.2. The van der Waals surface area contributed by atoms with Crippen LogP contribution in [0.5, 0.6) is 0 Å². The molecule has 1 fully saturated rings. The number of hydrogen-bond donors (Lipinski definition) is 2. The summed E-state index contributed by atoms with van der Waals surface area (Å²) in [6.45, 7) is 2.78. The number of piperidine rings is 1. The maximum atomic E-state index is 13.1. The van der Waals surface area contributed by atoms with Gasteiger partial charge in [0.15, 0.2) is 0 Å². The van der Waals surface area contributed by atoms with E-state index < -0.39 is 23.4 Å². The van der Waals surface area contributed by atoms with Crippen LogP contribution in [-0.2, 0) is 15.9 Å². The lowest BCUT2D eigenvalue weighted by Crippen LogP contribution is -2.45. The van der Waals surface area contributed by atoms with Crippen LogP contribution in [0.25, 0.3) is 5.70 Å². The smallest absolute Gasteiger partial charge is 0.351 e. The van der Waals surface area contributed by atoms with Gasteiger partial charge in [-0.1, -0.05) is 42.0 Å². The maximum Gasteiger partial charge on any atom is 0.430 e. The van der Waals surface area contributed by atoms with Gasteiger partial charge in [0, 0.05) is 13.1 Å². The zero-order valence-electron chi connectivity index (χ0n) is 16.8. The Morgan fingerprint density at radius 3 is 2.48 bits per heavy atom. The zero-order chi connectivity index (χ0) is 22.1. The highest BCUT2D eigenvalue weighted by Crippen LogP contribution is 2.36. The first-order valence-electron chi connectivity index (χ1n) is 9.88. The Kier molecular flexibility index (Phi) is 5.63. The molecule has 0 aliphatic carbocycles. The number of hydroxylamine groups is 3. The second kappa shape index (κ2) is 8.24. The molecule has 0 atom stereocenters. The van der Waals surface area contributed by atoms with Crippen LogP contribution in [0.1, 0.15) is 29.5 Å². The van der Waals surface area contributed by atoms with E-state index >= 15 is 0 Å². The summed E-state index contributed by atoms with van der Waals surface area (Å²) in [5.41, 5.74) is 4.26. The average Bonchev–Trinajstić information content (AvgIpc) is 3.14. The second-order valence-corrected chi connectivity index (χ2v) is 7.67. The molecule has 2 aliphatic heterocycles. The van der Waals surface area contributed by atoms with E-state index in [4.69, 9.17) is 9.68 Å². The van der Waals surface area contributed by atoms with Crippen molar-refractivity contribution in [3.63, 3.8) is 0 Å². The molecule has 1 saturated heterocycles. The lowest BCUT2D eigenvalue weighted by atomic mass is 9.91. The number of nitrogens with one attached hydrogen (secondary N) is 2. The van der Waals surface area contributed by atoms with Gasteiger partial charge in [0.1, 0.15) is 5.60 Å². The number of amides is 1. The van der Waals surface area contributed by atoms with E-state index in [-0.39, 0.29) is 5.69 Å². The predicted molar refractivity (Wildman–Crippen MR) is 108 cm³/mol. The summed E-state index contributed by atoms with van der Waals surface area (Å²) >= 11 is 0. The fourth-order valence-corrected chi connectivity index (χ4v) is 3.65. The van der Waals surface area contributed by atoms with E-state index in [0.717, 1.165) is 17.3 Å². The van der Waals surface area contributed by atoms with Crippen molar-refractivity contribution in [1.29, 1.82) is 0 Å². The fourth-order valence-electron chi connectivity index (χ4n) is 3.65. The topological polar surface area (TPSA) is 62.8 Å². The van der Waals surface area contributed by atoms with Crippen LogP contribution >= 0.6 is 0 Å². The van der Waals surface area contributed by atoms with E-state index in [1.807, 2.05) is 37.3 Å². The van der Waals surface area contributed by atoms with Crippen molar-refractivity contribution in [1.82, 2.24) is 10.5 Å².